The van der Waals surface area contributed by atoms with Crippen LogP contribution >= 0.6 is 22.7 Å². The fourth-order valence-corrected chi connectivity index (χ4v) is 7.19. The number of para-hydroxylation sites is 1. The van der Waals surface area contributed by atoms with Gasteiger partial charge >= 0.3 is 0 Å². The summed E-state index contributed by atoms with van der Waals surface area (Å²) in [6.45, 7) is 0. The van der Waals surface area contributed by atoms with Gasteiger partial charge in [-0.2, -0.15) is 0 Å². The van der Waals surface area contributed by atoms with Crippen LogP contribution in [0.2, 0.25) is 0 Å². The van der Waals surface area contributed by atoms with Gasteiger partial charge in [-0.1, -0.05) is 59.9 Å². The average molecular weight is 480 g/mol. The summed E-state index contributed by atoms with van der Waals surface area (Å²) < 4.78 is 4.77. The third-order valence-corrected chi connectivity index (χ3v) is 8.81. The van der Waals surface area contributed by atoms with Gasteiger partial charge in [-0.15, -0.1) is 11.3 Å². The van der Waals surface area contributed by atoms with Crippen LogP contribution in [0.4, 0.5) is 0 Å². The Labute approximate surface area is 204 Å². The molecule has 7 rings (SSSR count). The smallest absolute Gasteiger partial charge is 0.271 e. The number of fused-ring (bicyclic) bond motifs is 4. The molecule has 34 heavy (non-hydrogen) atoms. The van der Waals surface area contributed by atoms with Crippen molar-refractivity contribution in [1.29, 1.82) is 0 Å². The van der Waals surface area contributed by atoms with E-state index in [0.717, 1.165) is 44.3 Å². The van der Waals surface area contributed by atoms with E-state index in [4.69, 9.17) is 4.99 Å². The quantitative estimate of drug-likeness (QED) is 0.356. The molecule has 2 aromatic carbocycles. The molecule has 1 aliphatic heterocycles. The van der Waals surface area contributed by atoms with Crippen LogP contribution in [0.25, 0.3) is 22.7 Å². The summed E-state index contributed by atoms with van der Waals surface area (Å²) in [6.07, 6.45) is 6.04. The van der Waals surface area contributed by atoms with Crippen LogP contribution in [0.5, 0.6) is 0 Å². The predicted molar refractivity (Wildman–Crippen MR) is 140 cm³/mol. The molecule has 5 aromatic rings. The summed E-state index contributed by atoms with van der Waals surface area (Å²) in [6, 6.07) is 21.0. The van der Waals surface area contributed by atoms with E-state index in [0.29, 0.717) is 0 Å². The van der Waals surface area contributed by atoms with Crippen LogP contribution in [-0.4, -0.2) is 9.13 Å². The van der Waals surface area contributed by atoms with Crippen molar-refractivity contribution in [3.63, 3.8) is 0 Å². The summed E-state index contributed by atoms with van der Waals surface area (Å²) in [4.78, 5) is 20.9. The molecule has 0 N–H and O–H groups in total. The average Bonchev–Trinajstić information content (AvgIpc) is 3.58. The standard InChI is InChI=1S/C28H21N3OS2/c1-30-16-18(19-8-4-5-10-22(19)30)15-24-27(32)31-26(23-11-6-14-33-23)21-13-12-17-7-2-3-9-20(17)25(21)29-28(31)34-24/h2-11,14-16,26H,12-13H2,1H3/t26-/m1/s1. The Kier molecular flexibility index (Phi) is 4.41. The molecule has 4 nitrogen and oxygen atoms in total. The first kappa shape index (κ1) is 19.9. The number of thiazole rings is 1. The molecule has 3 aromatic heterocycles. The summed E-state index contributed by atoms with van der Waals surface area (Å²) >= 11 is 3.21. The molecule has 4 heterocycles. The van der Waals surface area contributed by atoms with Crippen molar-refractivity contribution in [2.75, 3.05) is 0 Å². The molecular weight excluding hydrogens is 458 g/mol. The van der Waals surface area contributed by atoms with Gasteiger partial charge in [-0.3, -0.25) is 9.36 Å². The fourth-order valence-electron chi connectivity index (χ4n) is 5.35. The number of benzene rings is 2. The van der Waals surface area contributed by atoms with E-state index >= 15 is 0 Å². The van der Waals surface area contributed by atoms with E-state index in [-0.39, 0.29) is 11.6 Å². The zero-order chi connectivity index (χ0) is 22.8. The second-order valence-corrected chi connectivity index (χ2v) is 10.8. The molecule has 1 aliphatic carbocycles. The lowest BCUT2D eigenvalue weighted by Crippen LogP contribution is -2.38. The van der Waals surface area contributed by atoms with Crippen LogP contribution in [0, 0.1) is 0 Å². The monoisotopic (exact) mass is 479 g/mol. The van der Waals surface area contributed by atoms with Crippen molar-refractivity contribution in [3.8, 4) is 0 Å². The Balaban J connectivity index is 1.50. The number of rotatable bonds is 2. The van der Waals surface area contributed by atoms with Crippen LogP contribution in [0.1, 0.15) is 34.0 Å². The highest BCUT2D eigenvalue weighted by Crippen LogP contribution is 2.42. The zero-order valence-corrected chi connectivity index (χ0v) is 20.2. The zero-order valence-electron chi connectivity index (χ0n) is 18.6. The highest BCUT2D eigenvalue weighted by molar-refractivity contribution is 7.10. The first-order chi connectivity index (χ1) is 16.7. The lowest BCUT2D eigenvalue weighted by molar-refractivity contribution is 0.593. The normalized spacial score (nSPS) is 17.4. The van der Waals surface area contributed by atoms with Gasteiger partial charge in [0.2, 0.25) is 0 Å². The summed E-state index contributed by atoms with van der Waals surface area (Å²) in [7, 11) is 2.05. The molecule has 0 saturated heterocycles. The van der Waals surface area contributed by atoms with E-state index in [9.17, 15) is 4.79 Å². The Bertz CT molecular complexity index is 1800. The van der Waals surface area contributed by atoms with E-state index in [1.54, 1.807) is 11.3 Å². The van der Waals surface area contributed by atoms with Gasteiger partial charge in [0.1, 0.15) is 0 Å². The molecule has 1 atom stereocenters. The number of allylic oxidation sites excluding steroid dienone is 1. The molecular formula is C28H21N3OS2. The topological polar surface area (TPSA) is 39.3 Å². The minimum atomic E-state index is -0.0886. The maximum atomic E-state index is 13.8. The summed E-state index contributed by atoms with van der Waals surface area (Å²) in [5.41, 5.74) is 7.11. The van der Waals surface area contributed by atoms with E-state index in [1.807, 2.05) is 29.8 Å². The minimum Gasteiger partial charge on any atom is -0.350 e. The maximum Gasteiger partial charge on any atom is 0.271 e. The van der Waals surface area contributed by atoms with Gasteiger partial charge in [-0.25, -0.2) is 4.99 Å². The number of hydrogen-bond donors (Lipinski definition) is 0. The largest absolute Gasteiger partial charge is 0.350 e. The Hall–Kier alpha value is -3.48. The Morgan fingerprint density at radius 3 is 2.76 bits per heavy atom. The SMILES string of the molecule is Cn1cc(C=c2sc3n(c2=O)[C@@H](c2cccs2)C2=C(N=3)c3ccccc3CC2)c2ccccc21. The van der Waals surface area contributed by atoms with E-state index in [1.165, 1.54) is 32.9 Å². The van der Waals surface area contributed by atoms with Gasteiger partial charge in [0.15, 0.2) is 4.80 Å². The van der Waals surface area contributed by atoms with Crippen molar-refractivity contribution < 1.29 is 0 Å². The highest BCUT2D eigenvalue weighted by atomic mass is 32.1. The molecule has 166 valence electrons. The first-order valence-electron chi connectivity index (χ1n) is 11.4. The van der Waals surface area contributed by atoms with Gasteiger partial charge in [0.05, 0.1) is 16.3 Å². The van der Waals surface area contributed by atoms with Crippen molar-refractivity contribution in [3.05, 3.63) is 119 Å². The molecule has 6 heteroatoms. The molecule has 0 unspecified atom stereocenters. The summed E-state index contributed by atoms with van der Waals surface area (Å²) in [5, 5.41) is 3.25. The second kappa shape index (κ2) is 7.52. The van der Waals surface area contributed by atoms with Crippen LogP contribution < -0.4 is 14.9 Å². The van der Waals surface area contributed by atoms with Gasteiger partial charge in [0, 0.05) is 40.2 Å². The molecule has 0 radical (unpaired) electrons. The van der Waals surface area contributed by atoms with E-state index in [2.05, 4.69) is 64.7 Å². The Morgan fingerprint density at radius 1 is 1.03 bits per heavy atom. The predicted octanol–water partition coefficient (Wildman–Crippen LogP) is 4.87. The van der Waals surface area contributed by atoms with Crippen molar-refractivity contribution in [2.24, 2.45) is 12.0 Å². The molecule has 0 fully saturated rings. The number of thiophene rings is 1. The van der Waals surface area contributed by atoms with Gasteiger partial charge in [-0.05, 0) is 47.6 Å². The third-order valence-electron chi connectivity index (χ3n) is 6.90. The molecule has 2 aliphatic rings. The lowest BCUT2D eigenvalue weighted by atomic mass is 9.85. The van der Waals surface area contributed by atoms with E-state index < -0.39 is 0 Å². The van der Waals surface area contributed by atoms with Gasteiger partial charge in [0.25, 0.3) is 5.56 Å². The van der Waals surface area contributed by atoms with Gasteiger partial charge < -0.3 is 4.57 Å². The number of aryl methyl sites for hydroxylation is 2. The fraction of sp³-hybridized carbons (Fsp3) is 0.143. The highest BCUT2D eigenvalue weighted by Gasteiger charge is 2.33. The third kappa shape index (κ3) is 2.89. The minimum absolute atomic E-state index is 0.0421. The van der Waals surface area contributed by atoms with Crippen molar-refractivity contribution >= 4 is 45.3 Å². The van der Waals surface area contributed by atoms with Crippen molar-refractivity contribution in [2.45, 2.75) is 18.9 Å². The molecule has 0 saturated carbocycles. The number of hydrogen-bond acceptors (Lipinski definition) is 4. The second-order valence-electron chi connectivity index (χ2n) is 8.84. The molecule has 0 bridgehead atoms. The van der Waals surface area contributed by atoms with Crippen molar-refractivity contribution in [1.82, 2.24) is 9.13 Å². The first-order valence-corrected chi connectivity index (χ1v) is 13.1. The molecule has 0 amide bonds. The maximum absolute atomic E-state index is 13.8. The number of aromatic nitrogens is 2. The molecule has 0 spiro atoms. The Morgan fingerprint density at radius 2 is 1.88 bits per heavy atom. The summed E-state index contributed by atoms with van der Waals surface area (Å²) in [5.74, 6) is 0. The van der Waals surface area contributed by atoms with Crippen LogP contribution in [0.3, 0.4) is 0 Å². The van der Waals surface area contributed by atoms with Crippen LogP contribution in [0.15, 0.2) is 87.6 Å². The number of nitrogens with zero attached hydrogens (tertiary/aromatic N) is 3. The van der Waals surface area contributed by atoms with Crippen LogP contribution in [-0.2, 0) is 13.5 Å². The lowest BCUT2D eigenvalue weighted by Gasteiger charge is -2.30.